The summed E-state index contributed by atoms with van der Waals surface area (Å²) < 4.78 is 48.1. The number of aliphatic hydroxyl groups excluding tert-OH is 1. The van der Waals surface area contributed by atoms with Crippen molar-refractivity contribution >= 4 is 37.8 Å². The van der Waals surface area contributed by atoms with Gasteiger partial charge >= 0.3 is 0 Å². The summed E-state index contributed by atoms with van der Waals surface area (Å²) in [6, 6.07) is 7.54. The molecule has 0 bridgehead atoms. The molecule has 0 spiro atoms. The van der Waals surface area contributed by atoms with Crippen LogP contribution in [-0.4, -0.2) is 63.3 Å². The van der Waals surface area contributed by atoms with Crippen LogP contribution in [0.3, 0.4) is 0 Å². The molecule has 180 valence electrons. The van der Waals surface area contributed by atoms with E-state index in [0.717, 1.165) is 12.8 Å². The molecule has 9 nitrogen and oxygen atoms in total. The van der Waals surface area contributed by atoms with E-state index in [4.69, 9.17) is 14.2 Å². The lowest BCUT2D eigenvalue weighted by atomic mass is 10.2. The molecule has 34 heavy (non-hydrogen) atoms. The first kappa shape index (κ1) is 22.8. The molecule has 0 saturated carbocycles. The lowest BCUT2D eigenvalue weighted by Gasteiger charge is -2.19. The van der Waals surface area contributed by atoms with Gasteiger partial charge in [-0.25, -0.2) is 18.6 Å². The van der Waals surface area contributed by atoms with Gasteiger partial charge in [0.15, 0.2) is 6.10 Å². The summed E-state index contributed by atoms with van der Waals surface area (Å²) in [5, 5.41) is 13.8. The Hall–Kier alpha value is -3.02. The van der Waals surface area contributed by atoms with Crippen LogP contribution in [0.4, 0.5) is 21.6 Å². The Morgan fingerprint density at radius 1 is 1.18 bits per heavy atom. The number of methoxy groups -OCH3 is 1. The molecule has 2 atom stereocenters. The summed E-state index contributed by atoms with van der Waals surface area (Å²) in [7, 11) is -0.731. The second-order valence-electron chi connectivity index (χ2n) is 8.27. The Morgan fingerprint density at radius 3 is 2.74 bits per heavy atom. The number of anilines is 2. The van der Waals surface area contributed by atoms with E-state index in [0.29, 0.717) is 45.4 Å². The van der Waals surface area contributed by atoms with Gasteiger partial charge in [-0.3, -0.25) is 0 Å². The number of hydrogen-bond donors (Lipinski definition) is 2. The topological polar surface area (TPSA) is 115 Å². The second-order valence-corrected chi connectivity index (χ2v) is 10.8. The minimum atomic E-state index is -2.26. The lowest BCUT2D eigenvalue weighted by molar-refractivity contribution is 0.0736. The monoisotopic (exact) mass is 488 g/mol. The van der Waals surface area contributed by atoms with Gasteiger partial charge in [0.1, 0.15) is 35.6 Å². The predicted octanol–water partition coefficient (Wildman–Crippen LogP) is 3.55. The zero-order valence-corrected chi connectivity index (χ0v) is 19.4. The van der Waals surface area contributed by atoms with Crippen LogP contribution in [0.5, 0.6) is 11.5 Å². The van der Waals surface area contributed by atoms with Gasteiger partial charge < -0.3 is 24.6 Å². The number of aromatic nitrogens is 2. The second kappa shape index (κ2) is 9.32. The van der Waals surface area contributed by atoms with E-state index in [-0.39, 0.29) is 19.0 Å². The minimum absolute atomic E-state index is 0.163. The average Bonchev–Trinajstić information content (AvgIpc) is 3.43. The maximum atomic E-state index is 14.0. The van der Waals surface area contributed by atoms with Crippen molar-refractivity contribution in [3.63, 3.8) is 0 Å². The molecule has 2 aliphatic rings. The third-order valence-corrected chi connectivity index (χ3v) is 8.23. The number of fused-ring (bicyclic) bond motifs is 1. The molecule has 2 aromatic carbocycles. The van der Waals surface area contributed by atoms with Crippen LogP contribution >= 0.6 is 0 Å². The molecule has 3 heterocycles. The summed E-state index contributed by atoms with van der Waals surface area (Å²) in [5.41, 5.74) is 1.55. The average molecular weight is 489 g/mol. The molecule has 2 saturated heterocycles. The molecule has 2 N–H and O–H groups in total. The third-order valence-electron chi connectivity index (χ3n) is 5.83. The van der Waals surface area contributed by atoms with E-state index in [1.807, 2.05) is 0 Å². The van der Waals surface area contributed by atoms with Crippen molar-refractivity contribution in [1.29, 1.82) is 0 Å². The maximum absolute atomic E-state index is 14.0. The van der Waals surface area contributed by atoms with E-state index in [2.05, 4.69) is 19.6 Å². The number of nitrogens with zero attached hydrogens (tertiary/aromatic N) is 3. The lowest BCUT2D eigenvalue weighted by Crippen LogP contribution is -2.30. The van der Waals surface area contributed by atoms with Crippen LogP contribution in [-0.2, 0) is 14.5 Å². The van der Waals surface area contributed by atoms with E-state index in [9.17, 15) is 13.7 Å². The van der Waals surface area contributed by atoms with Crippen LogP contribution in [0.15, 0.2) is 41.0 Å². The number of ether oxygens (including phenoxy) is 3. The number of aliphatic hydroxyl groups is 1. The molecule has 2 aliphatic heterocycles. The van der Waals surface area contributed by atoms with Crippen molar-refractivity contribution in [3.05, 3.63) is 42.5 Å². The third kappa shape index (κ3) is 4.63. The number of hydrogen-bond acceptors (Lipinski definition) is 9. The Kier molecular flexibility index (Phi) is 6.24. The standard InChI is InChI=1S/C23H25FN4O5S/c1-31-20-10-15(28-34(30)6-2-3-7-34)9-17-22(20)23(26-13-25-17)27-16-5-4-14(24)8-19(16)33-21-12-32-11-18(21)29/h4-5,8-10,13,18,21,29H,2-3,6-7,11-12H2,1H3,(H,25,26,27)/t18-,21+/m1/s1. The highest BCUT2D eigenvalue weighted by Crippen LogP contribution is 2.38. The predicted molar refractivity (Wildman–Crippen MR) is 126 cm³/mol. The van der Waals surface area contributed by atoms with Gasteiger partial charge in [-0.1, -0.05) is 0 Å². The van der Waals surface area contributed by atoms with Crippen molar-refractivity contribution in [2.75, 3.05) is 37.1 Å². The van der Waals surface area contributed by atoms with E-state index in [1.165, 1.54) is 31.6 Å². The molecule has 0 unspecified atom stereocenters. The van der Waals surface area contributed by atoms with Crippen LogP contribution < -0.4 is 14.8 Å². The molecular weight excluding hydrogens is 463 g/mol. The van der Waals surface area contributed by atoms with Crippen molar-refractivity contribution in [2.24, 2.45) is 4.36 Å². The largest absolute Gasteiger partial charge is 0.496 e. The molecule has 0 radical (unpaired) electrons. The smallest absolute Gasteiger partial charge is 0.150 e. The zero-order valence-electron chi connectivity index (χ0n) is 18.6. The SMILES string of the molecule is COc1cc(N=S2(=O)CCCC2)cc2ncnc(Nc3ccc(F)cc3O[C@H]3COC[C@H]3O)c12. The molecule has 5 rings (SSSR count). The summed E-state index contributed by atoms with van der Waals surface area (Å²) in [6.07, 6.45) is 1.80. The minimum Gasteiger partial charge on any atom is -0.496 e. The van der Waals surface area contributed by atoms with Gasteiger partial charge in [0, 0.05) is 23.6 Å². The highest BCUT2D eigenvalue weighted by molar-refractivity contribution is 7.93. The van der Waals surface area contributed by atoms with Crippen LogP contribution in [0, 0.1) is 5.82 Å². The molecule has 0 aliphatic carbocycles. The Labute approximate surface area is 196 Å². The first-order valence-corrected chi connectivity index (χ1v) is 12.8. The molecule has 1 aromatic heterocycles. The Bertz CT molecular complexity index is 1330. The number of nitrogens with one attached hydrogen (secondary N) is 1. The Morgan fingerprint density at radius 2 is 2.00 bits per heavy atom. The van der Waals surface area contributed by atoms with Gasteiger partial charge in [-0.2, -0.15) is 4.36 Å². The zero-order chi connectivity index (χ0) is 23.7. The number of benzene rings is 2. The molecule has 11 heteroatoms. The maximum Gasteiger partial charge on any atom is 0.150 e. The summed E-state index contributed by atoms with van der Waals surface area (Å²) in [4.78, 5) is 8.71. The van der Waals surface area contributed by atoms with Crippen molar-refractivity contribution in [1.82, 2.24) is 9.97 Å². The van der Waals surface area contributed by atoms with Crippen LogP contribution in [0.25, 0.3) is 10.9 Å². The van der Waals surface area contributed by atoms with Gasteiger partial charge in [0.25, 0.3) is 0 Å². The number of rotatable bonds is 6. The fourth-order valence-electron chi connectivity index (χ4n) is 4.11. The van der Waals surface area contributed by atoms with E-state index < -0.39 is 27.8 Å². The molecule has 2 fully saturated rings. The van der Waals surface area contributed by atoms with Crippen LogP contribution in [0.2, 0.25) is 0 Å². The van der Waals surface area contributed by atoms with E-state index >= 15 is 0 Å². The Balaban J connectivity index is 1.53. The normalized spacial score (nSPS) is 21.5. The summed E-state index contributed by atoms with van der Waals surface area (Å²) in [6.45, 7) is 0.368. The molecular formula is C23H25FN4O5S. The van der Waals surface area contributed by atoms with E-state index in [1.54, 1.807) is 12.1 Å². The highest BCUT2D eigenvalue weighted by atomic mass is 32.2. The fourth-order valence-corrected chi connectivity index (χ4v) is 6.30. The first-order valence-electron chi connectivity index (χ1n) is 11.0. The molecule has 0 amide bonds. The van der Waals surface area contributed by atoms with Crippen molar-refractivity contribution < 1.29 is 27.9 Å². The van der Waals surface area contributed by atoms with Gasteiger partial charge in [0.2, 0.25) is 0 Å². The summed E-state index contributed by atoms with van der Waals surface area (Å²) >= 11 is 0. The van der Waals surface area contributed by atoms with Crippen molar-refractivity contribution in [2.45, 2.75) is 25.0 Å². The quantitative estimate of drug-likeness (QED) is 0.541. The van der Waals surface area contributed by atoms with Crippen molar-refractivity contribution in [3.8, 4) is 11.5 Å². The fraction of sp³-hybridized carbons (Fsp3) is 0.391. The van der Waals surface area contributed by atoms with Gasteiger partial charge in [0.05, 0.1) is 52.3 Å². The van der Waals surface area contributed by atoms with Gasteiger partial charge in [-0.05, 0) is 31.0 Å². The summed E-state index contributed by atoms with van der Waals surface area (Å²) in [5.74, 6) is 1.80. The van der Waals surface area contributed by atoms with Gasteiger partial charge in [-0.15, -0.1) is 0 Å². The first-order chi connectivity index (χ1) is 16.4. The highest BCUT2D eigenvalue weighted by Gasteiger charge is 2.29. The molecule has 3 aromatic rings. The van der Waals surface area contributed by atoms with Crippen LogP contribution in [0.1, 0.15) is 12.8 Å². The number of halogens is 1.